The van der Waals surface area contributed by atoms with Gasteiger partial charge in [0.1, 0.15) is 5.65 Å². The molecule has 0 radical (unpaired) electrons. The van der Waals surface area contributed by atoms with E-state index >= 15 is 4.39 Å². The number of halogens is 2. The fourth-order valence-corrected chi connectivity index (χ4v) is 6.63. The first-order valence-electron chi connectivity index (χ1n) is 15.8. The van der Waals surface area contributed by atoms with Gasteiger partial charge in [-0.2, -0.15) is 4.98 Å². The highest BCUT2D eigenvalue weighted by molar-refractivity contribution is 6.31. The van der Waals surface area contributed by atoms with E-state index in [-0.39, 0.29) is 17.1 Å². The number of rotatable bonds is 10. The van der Waals surface area contributed by atoms with Crippen molar-refractivity contribution in [3.63, 3.8) is 0 Å². The van der Waals surface area contributed by atoms with Gasteiger partial charge in [0, 0.05) is 54.8 Å². The van der Waals surface area contributed by atoms with Gasteiger partial charge in [0.2, 0.25) is 0 Å². The maximum atomic E-state index is 15.1. The highest BCUT2D eigenvalue weighted by atomic mass is 35.5. The minimum absolute atomic E-state index is 0.0686. The zero-order valence-corrected chi connectivity index (χ0v) is 26.0. The predicted molar refractivity (Wildman–Crippen MR) is 176 cm³/mol. The topological polar surface area (TPSA) is 113 Å². The number of nitrogens with one attached hydrogen (secondary N) is 3. The summed E-state index contributed by atoms with van der Waals surface area (Å²) in [4.78, 5) is 25.0. The number of nitrogens with two attached hydrogens (primary N) is 1. The maximum Gasteiger partial charge on any atom is 0.354 e. The molecule has 2 aromatic heterocycles. The molecule has 1 saturated heterocycles. The van der Waals surface area contributed by atoms with Crippen LogP contribution in [0, 0.1) is 5.82 Å². The smallest absolute Gasteiger partial charge is 0.354 e. The molecule has 2 aliphatic heterocycles. The van der Waals surface area contributed by atoms with Crippen molar-refractivity contribution < 1.29 is 4.39 Å². The van der Waals surface area contributed by atoms with Gasteiger partial charge in [-0.1, -0.05) is 30.2 Å². The largest absolute Gasteiger partial charge is 0.374 e. The van der Waals surface area contributed by atoms with Gasteiger partial charge in [-0.05, 0) is 93.3 Å². The van der Waals surface area contributed by atoms with Crippen molar-refractivity contribution in [2.75, 3.05) is 13.1 Å². The quantitative estimate of drug-likeness (QED) is 0.169. The molecule has 8 nitrogen and oxygen atoms in total. The summed E-state index contributed by atoms with van der Waals surface area (Å²) >= 11 is 6.27. The van der Waals surface area contributed by atoms with E-state index in [1.54, 1.807) is 12.3 Å². The van der Waals surface area contributed by atoms with Gasteiger partial charge in [0.25, 0.3) is 0 Å². The molecule has 5 N–H and O–H groups in total. The minimum atomic E-state index is -0.502. The lowest BCUT2D eigenvalue weighted by Crippen LogP contribution is -2.39. The second kappa shape index (κ2) is 13.6. The normalized spacial score (nSPS) is 19.3. The molecular weight excluding hydrogens is 577 g/mol. The molecule has 6 rings (SSSR count). The number of hydrogen-bond acceptors (Lipinski definition) is 6. The number of nitrogens with zero attached hydrogens (tertiary/aromatic N) is 3. The number of piperidine rings is 1. The molecule has 2 aromatic carbocycles. The first kappa shape index (κ1) is 30.5. The van der Waals surface area contributed by atoms with Gasteiger partial charge in [-0.3, -0.25) is 9.56 Å². The van der Waals surface area contributed by atoms with Gasteiger partial charge in [-0.25, -0.2) is 9.18 Å². The Kier molecular flexibility index (Phi) is 9.44. The number of amidine groups is 1. The standard InChI is InChI=1S/C34H41ClFN7O/c1-21(37)5-2-6-22-17-27(32(36)28(35)18-22)30-19-24-20-43(34(44)42-33(24)41-30)26-12-10-23(11-13-26)29-8-3-7-25(40-29)14-16-39-31-9-4-15-38-31/h10-13,17-21,25,29,40H,2-9,14-16,37H2,1H3,(H,38,39)(H,41,42,44)/t21-,25-,29-/m0/s1. The van der Waals surface area contributed by atoms with Crippen LogP contribution in [0.3, 0.4) is 0 Å². The van der Waals surface area contributed by atoms with Crippen molar-refractivity contribution in [3.8, 4) is 16.9 Å². The molecule has 4 heterocycles. The SMILES string of the molecule is C[C@H](N)CCCc1cc(Cl)c(F)c(-c2cc3cn(-c4ccc([C@@H]5CCC[C@@H](CCNC6=NCCC6)N5)cc4)c(=O)nc3[nH]2)c1. The van der Waals surface area contributed by atoms with Crippen LogP contribution in [0.5, 0.6) is 0 Å². The van der Waals surface area contributed by atoms with Crippen LogP contribution in [0.15, 0.2) is 58.4 Å². The Balaban J connectivity index is 1.16. The number of fused-ring (bicyclic) bond motifs is 1. The van der Waals surface area contributed by atoms with Crippen molar-refractivity contribution in [1.82, 2.24) is 25.2 Å². The van der Waals surface area contributed by atoms with Crippen LogP contribution >= 0.6 is 11.6 Å². The maximum absolute atomic E-state index is 15.1. The summed E-state index contributed by atoms with van der Waals surface area (Å²) in [7, 11) is 0. The number of aliphatic imine (C=N–C) groups is 1. The van der Waals surface area contributed by atoms with Gasteiger partial charge in [0.05, 0.1) is 22.2 Å². The third-order valence-corrected chi connectivity index (χ3v) is 9.04. The molecule has 44 heavy (non-hydrogen) atoms. The van der Waals surface area contributed by atoms with Gasteiger partial charge in [0.15, 0.2) is 5.82 Å². The lowest BCUT2D eigenvalue weighted by Gasteiger charge is -2.31. The van der Waals surface area contributed by atoms with Crippen molar-refractivity contribution in [3.05, 3.63) is 81.1 Å². The lowest BCUT2D eigenvalue weighted by atomic mass is 9.92. The van der Waals surface area contributed by atoms with Crippen LogP contribution in [-0.4, -0.2) is 45.5 Å². The molecule has 0 unspecified atom stereocenters. The molecule has 2 aliphatic rings. The molecule has 232 valence electrons. The Hall–Kier alpha value is -3.53. The monoisotopic (exact) mass is 617 g/mol. The molecule has 10 heteroatoms. The average Bonchev–Trinajstić information content (AvgIpc) is 3.68. The summed E-state index contributed by atoms with van der Waals surface area (Å²) in [5.74, 6) is 0.652. The highest BCUT2D eigenvalue weighted by Crippen LogP contribution is 2.32. The van der Waals surface area contributed by atoms with Gasteiger partial charge in [-0.15, -0.1) is 0 Å². The number of aromatic amines is 1. The van der Waals surface area contributed by atoms with Crippen LogP contribution < -0.4 is 22.1 Å². The first-order chi connectivity index (χ1) is 21.3. The summed E-state index contributed by atoms with van der Waals surface area (Å²) in [6.07, 6.45) is 11.0. The van der Waals surface area contributed by atoms with Crippen LogP contribution in [0.4, 0.5) is 4.39 Å². The predicted octanol–water partition coefficient (Wildman–Crippen LogP) is 6.20. The second-order valence-electron chi connectivity index (χ2n) is 12.3. The van der Waals surface area contributed by atoms with E-state index in [1.165, 1.54) is 23.0 Å². The second-order valence-corrected chi connectivity index (χ2v) is 12.7. The molecule has 0 bridgehead atoms. The number of hydrogen-bond donors (Lipinski definition) is 4. The molecular formula is C34H41ClFN7O. The van der Waals surface area contributed by atoms with Crippen molar-refractivity contribution >= 4 is 28.5 Å². The summed E-state index contributed by atoms with van der Waals surface area (Å²) in [6.45, 7) is 3.87. The molecule has 1 fully saturated rings. The summed E-state index contributed by atoms with van der Waals surface area (Å²) < 4.78 is 16.7. The van der Waals surface area contributed by atoms with E-state index in [1.807, 2.05) is 31.2 Å². The van der Waals surface area contributed by atoms with Crippen LogP contribution in [0.1, 0.15) is 75.5 Å². The van der Waals surface area contributed by atoms with Crippen LogP contribution in [-0.2, 0) is 6.42 Å². The zero-order chi connectivity index (χ0) is 30.6. The Morgan fingerprint density at radius 2 is 2.02 bits per heavy atom. The van der Waals surface area contributed by atoms with E-state index in [0.717, 1.165) is 75.1 Å². The van der Waals surface area contributed by atoms with Crippen LogP contribution in [0.25, 0.3) is 28.0 Å². The van der Waals surface area contributed by atoms with E-state index < -0.39 is 11.5 Å². The molecule has 0 saturated carbocycles. The van der Waals surface area contributed by atoms with Crippen molar-refractivity contribution in [2.45, 2.75) is 82.8 Å². The van der Waals surface area contributed by atoms with Crippen LogP contribution in [0.2, 0.25) is 5.02 Å². The third-order valence-electron chi connectivity index (χ3n) is 8.76. The molecule has 0 amide bonds. The molecule has 3 atom stereocenters. The van der Waals surface area contributed by atoms with Gasteiger partial charge < -0.3 is 21.4 Å². The Morgan fingerprint density at radius 1 is 1.18 bits per heavy atom. The van der Waals surface area contributed by atoms with Crippen molar-refractivity contribution in [1.29, 1.82) is 0 Å². The third kappa shape index (κ3) is 7.06. The van der Waals surface area contributed by atoms with E-state index in [0.29, 0.717) is 28.3 Å². The number of aromatic nitrogens is 3. The average molecular weight is 618 g/mol. The Bertz CT molecular complexity index is 1690. The summed E-state index contributed by atoms with van der Waals surface area (Å²) in [6, 6.07) is 14.3. The first-order valence-corrected chi connectivity index (χ1v) is 16.2. The number of H-pyrrole nitrogens is 1. The summed E-state index contributed by atoms with van der Waals surface area (Å²) in [5, 5.41) is 8.10. The van der Waals surface area contributed by atoms with Crippen molar-refractivity contribution in [2.24, 2.45) is 10.7 Å². The number of aryl methyl sites for hydroxylation is 1. The number of benzene rings is 2. The molecule has 4 aromatic rings. The fraction of sp³-hybridized carbons (Fsp3) is 0.441. The Labute approximate surface area is 262 Å². The van der Waals surface area contributed by atoms with E-state index in [9.17, 15) is 4.79 Å². The lowest BCUT2D eigenvalue weighted by molar-refractivity contribution is 0.312. The molecule has 0 aliphatic carbocycles. The van der Waals surface area contributed by atoms with E-state index in [4.69, 9.17) is 17.3 Å². The minimum Gasteiger partial charge on any atom is -0.374 e. The molecule has 0 spiro atoms. The summed E-state index contributed by atoms with van der Waals surface area (Å²) in [5.41, 5.74) is 9.65. The fourth-order valence-electron chi connectivity index (χ4n) is 6.39. The Morgan fingerprint density at radius 3 is 2.80 bits per heavy atom. The highest BCUT2D eigenvalue weighted by Gasteiger charge is 2.22. The van der Waals surface area contributed by atoms with Gasteiger partial charge >= 0.3 is 5.69 Å². The van der Waals surface area contributed by atoms with E-state index in [2.05, 4.69) is 37.7 Å². The zero-order valence-electron chi connectivity index (χ0n) is 25.2.